The third-order valence-corrected chi connectivity index (χ3v) is 2.91. The van der Waals surface area contributed by atoms with Gasteiger partial charge in [-0.05, 0) is 13.0 Å². The summed E-state index contributed by atoms with van der Waals surface area (Å²) in [5.74, 6) is 0.717. The molecule has 0 unspecified atom stereocenters. The SMILES string of the molecule is CCNC(=NCc1ccccc1OC(F)F)NCCOCCOC.I. The highest BCUT2D eigenvalue weighted by Gasteiger charge is 2.08. The van der Waals surface area contributed by atoms with Gasteiger partial charge in [-0.15, -0.1) is 24.0 Å². The molecule has 1 rings (SSSR count). The molecular weight excluding hydrogens is 447 g/mol. The van der Waals surface area contributed by atoms with Crippen LogP contribution in [0.3, 0.4) is 0 Å². The Bertz CT molecular complexity index is 493. The van der Waals surface area contributed by atoms with E-state index < -0.39 is 6.61 Å². The number of rotatable bonds is 11. The van der Waals surface area contributed by atoms with Crippen molar-refractivity contribution >= 4 is 29.9 Å². The zero-order chi connectivity index (χ0) is 17.6. The van der Waals surface area contributed by atoms with Gasteiger partial charge in [-0.2, -0.15) is 8.78 Å². The standard InChI is InChI=1S/C16H25F2N3O3.HI/c1-3-19-16(20-8-9-23-11-10-22-2)21-12-13-6-4-5-7-14(13)24-15(17)18;/h4-7,15H,3,8-12H2,1-2H3,(H2,19,20,21);1H. The summed E-state index contributed by atoms with van der Waals surface area (Å²) in [6.07, 6.45) is 0. The van der Waals surface area contributed by atoms with Gasteiger partial charge in [0.25, 0.3) is 0 Å². The van der Waals surface area contributed by atoms with Gasteiger partial charge in [0.15, 0.2) is 5.96 Å². The minimum absolute atomic E-state index is 0. The molecule has 0 heterocycles. The van der Waals surface area contributed by atoms with Crippen molar-refractivity contribution in [1.82, 2.24) is 10.6 Å². The maximum atomic E-state index is 12.4. The first-order valence-corrected chi connectivity index (χ1v) is 7.79. The first-order valence-electron chi connectivity index (χ1n) is 7.79. The summed E-state index contributed by atoms with van der Waals surface area (Å²) >= 11 is 0. The van der Waals surface area contributed by atoms with Crippen LogP contribution in [-0.4, -0.2) is 52.6 Å². The van der Waals surface area contributed by atoms with Gasteiger partial charge >= 0.3 is 6.61 Å². The molecule has 25 heavy (non-hydrogen) atoms. The Morgan fingerprint density at radius 3 is 2.60 bits per heavy atom. The molecule has 0 atom stereocenters. The molecule has 144 valence electrons. The number of alkyl halides is 2. The van der Waals surface area contributed by atoms with Crippen LogP contribution in [0.5, 0.6) is 5.75 Å². The second-order valence-electron chi connectivity index (χ2n) is 4.71. The van der Waals surface area contributed by atoms with Crippen LogP contribution >= 0.6 is 24.0 Å². The van der Waals surface area contributed by atoms with Crippen LogP contribution < -0.4 is 15.4 Å². The fourth-order valence-corrected chi connectivity index (χ4v) is 1.84. The molecule has 0 aromatic heterocycles. The normalized spacial score (nSPS) is 11.2. The summed E-state index contributed by atoms with van der Waals surface area (Å²) in [6.45, 7) is 2.17. The molecule has 0 saturated heterocycles. The van der Waals surface area contributed by atoms with E-state index in [1.165, 1.54) is 6.07 Å². The van der Waals surface area contributed by atoms with Crippen LogP contribution in [0.1, 0.15) is 12.5 Å². The van der Waals surface area contributed by atoms with E-state index in [0.717, 1.165) is 0 Å². The van der Waals surface area contributed by atoms with Crippen LogP contribution in [0, 0.1) is 0 Å². The van der Waals surface area contributed by atoms with Crippen LogP contribution in [-0.2, 0) is 16.0 Å². The van der Waals surface area contributed by atoms with E-state index >= 15 is 0 Å². The minimum Gasteiger partial charge on any atom is -0.434 e. The number of halogens is 3. The zero-order valence-corrected chi connectivity index (χ0v) is 16.8. The summed E-state index contributed by atoms with van der Waals surface area (Å²) in [4.78, 5) is 4.37. The number of nitrogens with one attached hydrogen (secondary N) is 2. The smallest absolute Gasteiger partial charge is 0.387 e. The van der Waals surface area contributed by atoms with Crippen LogP contribution in [0.4, 0.5) is 8.78 Å². The molecule has 0 amide bonds. The lowest BCUT2D eigenvalue weighted by Crippen LogP contribution is -2.39. The first kappa shape index (κ1) is 23.8. The lowest BCUT2D eigenvalue weighted by atomic mass is 10.2. The van der Waals surface area contributed by atoms with Gasteiger partial charge in [0.1, 0.15) is 5.75 Å². The van der Waals surface area contributed by atoms with Crippen molar-refractivity contribution in [2.75, 3.05) is 40.0 Å². The van der Waals surface area contributed by atoms with E-state index in [-0.39, 0.29) is 36.3 Å². The highest BCUT2D eigenvalue weighted by Crippen LogP contribution is 2.20. The van der Waals surface area contributed by atoms with Crippen molar-refractivity contribution in [3.05, 3.63) is 29.8 Å². The summed E-state index contributed by atoms with van der Waals surface area (Å²) in [7, 11) is 1.62. The zero-order valence-electron chi connectivity index (χ0n) is 14.5. The van der Waals surface area contributed by atoms with Gasteiger partial charge in [0, 0.05) is 25.8 Å². The second-order valence-corrected chi connectivity index (χ2v) is 4.71. The first-order chi connectivity index (χ1) is 11.7. The van der Waals surface area contributed by atoms with Crippen molar-refractivity contribution in [3.8, 4) is 5.75 Å². The Morgan fingerprint density at radius 2 is 1.92 bits per heavy atom. The number of hydrogen-bond acceptors (Lipinski definition) is 4. The van der Waals surface area contributed by atoms with Crippen molar-refractivity contribution in [3.63, 3.8) is 0 Å². The molecule has 0 radical (unpaired) electrons. The largest absolute Gasteiger partial charge is 0.434 e. The number of ether oxygens (including phenoxy) is 3. The molecule has 0 fully saturated rings. The molecule has 0 bridgehead atoms. The molecule has 1 aromatic carbocycles. The number of guanidine groups is 1. The number of hydrogen-bond donors (Lipinski definition) is 2. The molecule has 0 aliphatic heterocycles. The number of para-hydroxylation sites is 1. The number of nitrogens with zero attached hydrogens (tertiary/aromatic N) is 1. The van der Waals surface area contributed by atoms with Crippen LogP contribution in [0.2, 0.25) is 0 Å². The van der Waals surface area contributed by atoms with Crippen molar-refractivity contribution in [2.24, 2.45) is 4.99 Å². The number of methoxy groups -OCH3 is 1. The molecule has 2 N–H and O–H groups in total. The molecule has 6 nitrogen and oxygen atoms in total. The minimum atomic E-state index is -2.86. The third-order valence-electron chi connectivity index (χ3n) is 2.91. The average molecular weight is 473 g/mol. The fraction of sp³-hybridized carbons (Fsp3) is 0.562. The highest BCUT2D eigenvalue weighted by atomic mass is 127. The quantitative estimate of drug-likeness (QED) is 0.224. The van der Waals surface area contributed by atoms with E-state index in [4.69, 9.17) is 9.47 Å². The number of benzene rings is 1. The fourth-order valence-electron chi connectivity index (χ4n) is 1.84. The molecule has 0 aliphatic rings. The summed E-state index contributed by atoms with van der Waals surface area (Å²) < 4.78 is 39.6. The highest BCUT2D eigenvalue weighted by molar-refractivity contribution is 14.0. The Hall–Kier alpha value is -1.20. The molecular formula is C16H26F2IN3O3. The van der Waals surface area contributed by atoms with Crippen LogP contribution in [0.25, 0.3) is 0 Å². The van der Waals surface area contributed by atoms with E-state index in [1.807, 2.05) is 6.92 Å². The van der Waals surface area contributed by atoms with Gasteiger partial charge in [0.2, 0.25) is 0 Å². The topological polar surface area (TPSA) is 64.1 Å². The predicted octanol–water partition coefficient (Wildman–Crippen LogP) is 2.62. The summed E-state index contributed by atoms with van der Waals surface area (Å²) in [5, 5.41) is 6.20. The Balaban J connectivity index is 0.00000576. The summed E-state index contributed by atoms with van der Waals surface area (Å²) in [6, 6.07) is 6.61. The maximum Gasteiger partial charge on any atom is 0.387 e. The average Bonchev–Trinajstić information content (AvgIpc) is 2.56. The predicted molar refractivity (Wildman–Crippen MR) is 104 cm³/mol. The maximum absolute atomic E-state index is 12.4. The van der Waals surface area contributed by atoms with Gasteiger partial charge in [-0.3, -0.25) is 0 Å². The lowest BCUT2D eigenvalue weighted by molar-refractivity contribution is -0.0504. The molecule has 9 heteroatoms. The van der Waals surface area contributed by atoms with Crippen LogP contribution in [0.15, 0.2) is 29.3 Å². The van der Waals surface area contributed by atoms with E-state index in [2.05, 4.69) is 20.4 Å². The monoisotopic (exact) mass is 473 g/mol. The lowest BCUT2D eigenvalue weighted by Gasteiger charge is -2.13. The molecule has 1 aromatic rings. The molecule has 0 spiro atoms. The Labute approximate surface area is 164 Å². The molecule has 0 saturated carbocycles. The summed E-state index contributed by atoms with van der Waals surface area (Å²) in [5.41, 5.74) is 0.589. The molecule has 0 aliphatic carbocycles. The van der Waals surface area contributed by atoms with Gasteiger partial charge in [0.05, 0.1) is 26.4 Å². The van der Waals surface area contributed by atoms with Gasteiger partial charge in [-0.25, -0.2) is 4.99 Å². The van der Waals surface area contributed by atoms with Gasteiger partial charge < -0.3 is 24.8 Å². The van der Waals surface area contributed by atoms with Crippen molar-refractivity contribution in [1.29, 1.82) is 0 Å². The Kier molecular flexibility index (Phi) is 14.4. The van der Waals surface area contributed by atoms with Crippen molar-refractivity contribution in [2.45, 2.75) is 20.1 Å². The van der Waals surface area contributed by atoms with Gasteiger partial charge in [-0.1, -0.05) is 18.2 Å². The second kappa shape index (κ2) is 15.1. The third kappa shape index (κ3) is 11.1. The van der Waals surface area contributed by atoms with E-state index in [1.54, 1.807) is 25.3 Å². The Morgan fingerprint density at radius 1 is 1.16 bits per heavy atom. The van der Waals surface area contributed by atoms with E-state index in [9.17, 15) is 8.78 Å². The number of aliphatic imine (C=N–C) groups is 1. The van der Waals surface area contributed by atoms with Crippen molar-refractivity contribution < 1.29 is 23.0 Å². The van der Waals surface area contributed by atoms with E-state index in [0.29, 0.717) is 44.4 Å².